The van der Waals surface area contributed by atoms with Crippen molar-refractivity contribution in [3.63, 3.8) is 0 Å². The second-order valence-corrected chi connectivity index (χ2v) is 7.05. The fourth-order valence-corrected chi connectivity index (χ4v) is 3.77. The number of benzene rings is 1. The molecular formula is C16H25NOS. The number of nitrogens with one attached hydrogen (secondary N) is 1. The van der Waals surface area contributed by atoms with Crippen LogP contribution >= 0.6 is 11.8 Å². The molecule has 1 heterocycles. The Balaban J connectivity index is 2.07. The molecule has 1 aliphatic rings. The summed E-state index contributed by atoms with van der Waals surface area (Å²) in [6.07, 6.45) is 1.48. The third-order valence-electron chi connectivity index (χ3n) is 3.59. The van der Waals surface area contributed by atoms with E-state index in [-0.39, 0.29) is 6.10 Å². The summed E-state index contributed by atoms with van der Waals surface area (Å²) in [5.41, 5.74) is 1.26. The molecule has 1 N–H and O–H groups in total. The third-order valence-corrected chi connectivity index (χ3v) is 4.91. The molecule has 1 aliphatic heterocycles. The molecule has 0 saturated carbocycles. The summed E-state index contributed by atoms with van der Waals surface area (Å²) in [7, 11) is 0. The van der Waals surface area contributed by atoms with Gasteiger partial charge in [-0.05, 0) is 39.0 Å². The standard InChI is InChI=1S/C16H25NOS/c1-11(2)18-16-8-6-5-7-14(16)12(3)17-15-9-10-19-13(15)4/h5-8,11-13,15,17H,9-10H2,1-4H3. The van der Waals surface area contributed by atoms with Crippen LogP contribution in [0.15, 0.2) is 24.3 Å². The molecule has 0 amide bonds. The molecule has 0 radical (unpaired) electrons. The molecule has 3 unspecified atom stereocenters. The lowest BCUT2D eigenvalue weighted by atomic mass is 10.0. The molecule has 0 aliphatic carbocycles. The van der Waals surface area contributed by atoms with Gasteiger partial charge in [0.1, 0.15) is 5.75 Å². The Morgan fingerprint density at radius 2 is 2.00 bits per heavy atom. The molecule has 106 valence electrons. The largest absolute Gasteiger partial charge is 0.491 e. The van der Waals surface area contributed by atoms with Crippen LogP contribution in [0.5, 0.6) is 5.75 Å². The highest BCUT2D eigenvalue weighted by Gasteiger charge is 2.26. The highest BCUT2D eigenvalue weighted by molar-refractivity contribution is 8.00. The monoisotopic (exact) mass is 279 g/mol. The van der Waals surface area contributed by atoms with Crippen molar-refractivity contribution in [1.29, 1.82) is 0 Å². The summed E-state index contributed by atoms with van der Waals surface area (Å²) in [5, 5.41) is 4.47. The molecule has 3 atom stereocenters. The molecule has 1 aromatic carbocycles. The Labute approximate surface area is 121 Å². The highest BCUT2D eigenvalue weighted by atomic mass is 32.2. The van der Waals surface area contributed by atoms with Gasteiger partial charge in [-0.3, -0.25) is 0 Å². The zero-order chi connectivity index (χ0) is 13.8. The van der Waals surface area contributed by atoms with Gasteiger partial charge in [-0.1, -0.05) is 25.1 Å². The minimum atomic E-state index is 0.217. The van der Waals surface area contributed by atoms with Crippen LogP contribution in [0.25, 0.3) is 0 Å². The van der Waals surface area contributed by atoms with Crippen molar-refractivity contribution in [2.24, 2.45) is 0 Å². The fraction of sp³-hybridized carbons (Fsp3) is 0.625. The minimum Gasteiger partial charge on any atom is -0.491 e. The Morgan fingerprint density at radius 1 is 1.26 bits per heavy atom. The molecule has 1 aromatic rings. The number of rotatable bonds is 5. The van der Waals surface area contributed by atoms with Gasteiger partial charge in [-0.25, -0.2) is 0 Å². The van der Waals surface area contributed by atoms with Crippen molar-refractivity contribution in [3.8, 4) is 5.75 Å². The predicted molar refractivity (Wildman–Crippen MR) is 84.1 cm³/mol. The lowest BCUT2D eigenvalue weighted by Gasteiger charge is -2.24. The number of hydrogen-bond donors (Lipinski definition) is 1. The van der Waals surface area contributed by atoms with Crippen molar-refractivity contribution in [2.45, 2.75) is 57.6 Å². The summed E-state index contributed by atoms with van der Waals surface area (Å²) in [6, 6.07) is 9.33. The number of ether oxygens (including phenoxy) is 1. The van der Waals surface area contributed by atoms with E-state index in [4.69, 9.17) is 4.74 Å². The molecule has 1 fully saturated rings. The van der Waals surface area contributed by atoms with Gasteiger partial charge in [-0.15, -0.1) is 0 Å². The molecule has 0 bridgehead atoms. The van der Waals surface area contributed by atoms with Gasteiger partial charge in [0.2, 0.25) is 0 Å². The highest BCUT2D eigenvalue weighted by Crippen LogP contribution is 2.31. The topological polar surface area (TPSA) is 21.3 Å². The van der Waals surface area contributed by atoms with Gasteiger partial charge in [-0.2, -0.15) is 11.8 Å². The summed E-state index contributed by atoms with van der Waals surface area (Å²) < 4.78 is 5.91. The second kappa shape index (κ2) is 6.67. The van der Waals surface area contributed by atoms with E-state index in [0.717, 1.165) is 5.75 Å². The van der Waals surface area contributed by atoms with Gasteiger partial charge in [0, 0.05) is 22.9 Å². The molecule has 0 spiro atoms. The lowest BCUT2D eigenvalue weighted by Crippen LogP contribution is -2.35. The van der Waals surface area contributed by atoms with Gasteiger partial charge in [0.05, 0.1) is 6.10 Å². The van der Waals surface area contributed by atoms with Crippen LogP contribution in [0.3, 0.4) is 0 Å². The van der Waals surface area contributed by atoms with E-state index >= 15 is 0 Å². The minimum absolute atomic E-state index is 0.217. The normalized spacial score (nSPS) is 24.7. The quantitative estimate of drug-likeness (QED) is 0.879. The van der Waals surface area contributed by atoms with Crippen molar-refractivity contribution in [2.75, 3.05) is 5.75 Å². The zero-order valence-electron chi connectivity index (χ0n) is 12.3. The number of para-hydroxylation sites is 1. The van der Waals surface area contributed by atoms with Crippen molar-refractivity contribution in [3.05, 3.63) is 29.8 Å². The van der Waals surface area contributed by atoms with Gasteiger partial charge < -0.3 is 10.1 Å². The van der Waals surface area contributed by atoms with Crippen LogP contribution in [0.1, 0.15) is 45.7 Å². The Hall–Kier alpha value is -0.670. The third kappa shape index (κ3) is 3.90. The Bertz CT molecular complexity index is 407. The Kier molecular flexibility index (Phi) is 5.17. The van der Waals surface area contributed by atoms with E-state index < -0.39 is 0 Å². The van der Waals surface area contributed by atoms with Crippen LogP contribution < -0.4 is 10.1 Å². The van der Waals surface area contributed by atoms with Crippen molar-refractivity contribution in [1.82, 2.24) is 5.32 Å². The lowest BCUT2D eigenvalue weighted by molar-refractivity contribution is 0.237. The van der Waals surface area contributed by atoms with Gasteiger partial charge in [0.15, 0.2) is 0 Å². The summed E-state index contributed by atoms with van der Waals surface area (Å²) in [4.78, 5) is 0. The van der Waals surface area contributed by atoms with Crippen LogP contribution in [0.4, 0.5) is 0 Å². The first-order chi connectivity index (χ1) is 9.08. The first-order valence-corrected chi connectivity index (χ1v) is 8.26. The van der Waals surface area contributed by atoms with E-state index in [9.17, 15) is 0 Å². The van der Waals surface area contributed by atoms with Crippen molar-refractivity contribution >= 4 is 11.8 Å². The van der Waals surface area contributed by atoms with E-state index in [1.165, 1.54) is 17.7 Å². The Morgan fingerprint density at radius 3 is 2.63 bits per heavy atom. The van der Waals surface area contributed by atoms with E-state index in [1.54, 1.807) is 0 Å². The van der Waals surface area contributed by atoms with Crippen molar-refractivity contribution < 1.29 is 4.74 Å². The summed E-state index contributed by atoms with van der Waals surface area (Å²) in [6.45, 7) is 8.70. The summed E-state index contributed by atoms with van der Waals surface area (Å²) >= 11 is 2.06. The first-order valence-electron chi connectivity index (χ1n) is 7.21. The molecular weight excluding hydrogens is 254 g/mol. The number of hydrogen-bond acceptors (Lipinski definition) is 3. The van der Waals surface area contributed by atoms with Gasteiger partial charge in [0.25, 0.3) is 0 Å². The SMILES string of the molecule is CC(C)Oc1ccccc1C(C)NC1CCSC1C. The average molecular weight is 279 g/mol. The first kappa shape index (κ1) is 14.7. The van der Waals surface area contributed by atoms with Crippen LogP contribution in [0.2, 0.25) is 0 Å². The fourth-order valence-electron chi connectivity index (χ4n) is 2.56. The molecule has 3 heteroatoms. The van der Waals surface area contributed by atoms with E-state index in [1.807, 2.05) is 6.07 Å². The maximum absolute atomic E-state index is 5.91. The van der Waals surface area contributed by atoms with Crippen LogP contribution in [-0.2, 0) is 0 Å². The number of thioether (sulfide) groups is 1. The maximum atomic E-state index is 5.91. The maximum Gasteiger partial charge on any atom is 0.124 e. The molecule has 1 saturated heterocycles. The van der Waals surface area contributed by atoms with Crippen LogP contribution in [-0.4, -0.2) is 23.1 Å². The summed E-state index contributed by atoms with van der Waals surface area (Å²) in [5.74, 6) is 2.28. The van der Waals surface area contributed by atoms with E-state index in [2.05, 4.69) is 63.0 Å². The molecule has 19 heavy (non-hydrogen) atoms. The molecule has 0 aromatic heterocycles. The zero-order valence-corrected chi connectivity index (χ0v) is 13.2. The van der Waals surface area contributed by atoms with Gasteiger partial charge >= 0.3 is 0 Å². The average Bonchev–Trinajstić information content (AvgIpc) is 2.75. The van der Waals surface area contributed by atoms with E-state index in [0.29, 0.717) is 17.3 Å². The molecule has 2 nitrogen and oxygen atoms in total. The molecule has 2 rings (SSSR count). The second-order valence-electron chi connectivity index (χ2n) is 5.56. The predicted octanol–water partition coefficient (Wildman–Crippen LogP) is 4.02. The smallest absolute Gasteiger partial charge is 0.124 e. The van der Waals surface area contributed by atoms with Crippen LogP contribution in [0, 0.1) is 0 Å².